The Morgan fingerprint density at radius 1 is 0.833 bits per heavy atom. The summed E-state index contributed by atoms with van der Waals surface area (Å²) in [6.45, 7) is 1.60. The maximum Gasteiger partial charge on any atom is 0.316 e. The highest BCUT2D eigenvalue weighted by Crippen LogP contribution is 2.13. The van der Waals surface area contributed by atoms with Gasteiger partial charge in [0, 0.05) is 0 Å². The highest BCUT2D eigenvalue weighted by Gasteiger charge is 2.11. The van der Waals surface area contributed by atoms with Crippen LogP contribution in [0.25, 0.3) is 0 Å². The first kappa shape index (κ1) is 23.7. The van der Waals surface area contributed by atoms with Crippen molar-refractivity contribution in [2.24, 2.45) is 0 Å². The molecular weight excluding hydrogens is 324 g/mol. The molecule has 0 unspecified atom stereocenters. The third kappa shape index (κ3) is 16.6. The summed E-state index contributed by atoms with van der Waals surface area (Å²) in [5.74, 6) is 0.913. The van der Waals surface area contributed by atoms with E-state index in [9.17, 15) is 4.79 Å². The number of unbranched alkanes of at least 4 members (excludes halogenated alkanes) is 11. The van der Waals surface area contributed by atoms with Crippen LogP contribution in [-0.4, -0.2) is 47.0 Å². The fourth-order valence-corrected chi connectivity index (χ4v) is 3.34. The molecule has 0 radical (unpaired) electrons. The minimum absolute atomic E-state index is 0.300. The summed E-state index contributed by atoms with van der Waals surface area (Å²) in [6.07, 6.45) is 15.3. The van der Waals surface area contributed by atoms with Crippen LogP contribution in [0.3, 0.4) is 0 Å². The van der Waals surface area contributed by atoms with Crippen molar-refractivity contribution >= 4 is 17.7 Å². The molecule has 4 nitrogen and oxygen atoms in total. The van der Waals surface area contributed by atoms with Gasteiger partial charge in [0.25, 0.3) is 0 Å². The quantitative estimate of drug-likeness (QED) is 0.281. The molecule has 0 amide bonds. The zero-order chi connectivity index (χ0) is 17.9. The molecule has 0 rings (SSSR count). The Labute approximate surface area is 152 Å². The lowest BCUT2D eigenvalue weighted by molar-refractivity contribution is -0.150. The summed E-state index contributed by atoms with van der Waals surface area (Å²) in [6, 6.07) is 0. The molecule has 0 aliphatic heterocycles. The Morgan fingerprint density at radius 3 is 1.75 bits per heavy atom. The molecule has 5 heteroatoms. The van der Waals surface area contributed by atoms with E-state index in [-0.39, 0.29) is 19.2 Å². The first-order valence-electron chi connectivity index (χ1n) is 9.73. The van der Waals surface area contributed by atoms with Gasteiger partial charge in [0.05, 0.1) is 19.0 Å². The fraction of sp³-hybridized carbons (Fsp3) is 0.947. The van der Waals surface area contributed by atoms with E-state index in [0.29, 0.717) is 5.75 Å². The van der Waals surface area contributed by atoms with Crippen LogP contribution in [0.5, 0.6) is 0 Å². The lowest BCUT2D eigenvalue weighted by Gasteiger charge is -2.12. The average Bonchev–Trinajstić information content (AvgIpc) is 2.60. The monoisotopic (exact) mass is 362 g/mol. The second-order valence-electron chi connectivity index (χ2n) is 6.42. The number of aliphatic hydroxyl groups excluding tert-OH is 2. The number of ether oxygens (including phenoxy) is 1. The van der Waals surface area contributed by atoms with E-state index in [1.165, 1.54) is 70.6 Å². The second-order valence-corrected chi connectivity index (χ2v) is 7.52. The molecule has 0 aliphatic rings. The van der Waals surface area contributed by atoms with Gasteiger partial charge in [-0.25, -0.2) is 0 Å². The van der Waals surface area contributed by atoms with Crippen molar-refractivity contribution in [1.29, 1.82) is 0 Å². The Balaban J connectivity index is 3.18. The number of aliphatic hydroxyl groups is 2. The summed E-state index contributed by atoms with van der Waals surface area (Å²) in [5.41, 5.74) is 0. The van der Waals surface area contributed by atoms with E-state index >= 15 is 0 Å². The zero-order valence-corrected chi connectivity index (χ0v) is 16.3. The number of esters is 1. The van der Waals surface area contributed by atoms with E-state index in [0.717, 1.165) is 12.2 Å². The fourth-order valence-electron chi connectivity index (χ4n) is 2.55. The van der Waals surface area contributed by atoms with E-state index in [4.69, 9.17) is 14.9 Å². The summed E-state index contributed by atoms with van der Waals surface area (Å²) < 4.78 is 4.90. The first-order valence-corrected chi connectivity index (χ1v) is 10.9. The molecule has 0 aliphatic carbocycles. The molecule has 0 saturated heterocycles. The lowest BCUT2D eigenvalue weighted by Crippen LogP contribution is -2.26. The maximum atomic E-state index is 11.4. The predicted octanol–water partition coefficient (Wildman–Crippen LogP) is 4.32. The molecule has 0 saturated carbocycles. The maximum absolute atomic E-state index is 11.4. The van der Waals surface area contributed by atoms with Crippen molar-refractivity contribution < 1.29 is 19.7 Å². The van der Waals surface area contributed by atoms with Gasteiger partial charge < -0.3 is 14.9 Å². The molecule has 0 aromatic carbocycles. The molecule has 0 bridgehead atoms. The standard InChI is InChI=1S/C19H38O4S/c1-2-3-4-5-6-7-8-9-10-11-12-13-14-24-17-19(22)23-18(15-20)16-21/h18,20-21H,2-17H2,1H3. The van der Waals surface area contributed by atoms with Crippen LogP contribution in [0.15, 0.2) is 0 Å². The average molecular weight is 363 g/mol. The minimum Gasteiger partial charge on any atom is -0.457 e. The number of hydrogen-bond acceptors (Lipinski definition) is 5. The molecule has 0 fully saturated rings. The molecular formula is C19H38O4S. The van der Waals surface area contributed by atoms with Crippen LogP contribution in [0.4, 0.5) is 0 Å². The summed E-state index contributed by atoms with van der Waals surface area (Å²) in [7, 11) is 0. The molecule has 0 heterocycles. The predicted molar refractivity (Wildman–Crippen MR) is 102 cm³/mol. The Morgan fingerprint density at radius 2 is 1.29 bits per heavy atom. The highest BCUT2D eigenvalue weighted by molar-refractivity contribution is 7.99. The van der Waals surface area contributed by atoms with Crippen LogP contribution in [0.1, 0.15) is 84.0 Å². The third-order valence-corrected chi connectivity index (χ3v) is 5.08. The van der Waals surface area contributed by atoms with Crippen molar-refractivity contribution in [1.82, 2.24) is 0 Å². The lowest BCUT2D eigenvalue weighted by atomic mass is 10.1. The normalized spacial score (nSPS) is 11.2. The molecule has 0 aromatic rings. The second kappa shape index (κ2) is 19.1. The van der Waals surface area contributed by atoms with Crippen molar-refractivity contribution in [2.75, 3.05) is 24.7 Å². The zero-order valence-electron chi connectivity index (χ0n) is 15.5. The van der Waals surface area contributed by atoms with Crippen molar-refractivity contribution in [3.05, 3.63) is 0 Å². The Kier molecular flexibility index (Phi) is 18.9. The van der Waals surface area contributed by atoms with Gasteiger partial charge in [-0.15, -0.1) is 0 Å². The van der Waals surface area contributed by atoms with E-state index in [1.54, 1.807) is 11.8 Å². The van der Waals surface area contributed by atoms with E-state index < -0.39 is 6.10 Å². The van der Waals surface area contributed by atoms with Gasteiger partial charge in [-0.3, -0.25) is 4.79 Å². The number of thioether (sulfide) groups is 1. The largest absolute Gasteiger partial charge is 0.457 e. The SMILES string of the molecule is CCCCCCCCCCCCCCSCC(=O)OC(CO)CO. The minimum atomic E-state index is -0.773. The van der Waals surface area contributed by atoms with Crippen LogP contribution in [-0.2, 0) is 9.53 Å². The van der Waals surface area contributed by atoms with Gasteiger partial charge in [0.15, 0.2) is 0 Å². The van der Waals surface area contributed by atoms with Crippen molar-refractivity contribution in [2.45, 2.75) is 90.1 Å². The molecule has 144 valence electrons. The van der Waals surface area contributed by atoms with Crippen LogP contribution >= 0.6 is 11.8 Å². The summed E-state index contributed by atoms with van der Waals surface area (Å²) in [5, 5.41) is 17.7. The van der Waals surface area contributed by atoms with Gasteiger partial charge in [-0.1, -0.05) is 77.6 Å². The molecule has 0 spiro atoms. The van der Waals surface area contributed by atoms with Gasteiger partial charge in [-0.05, 0) is 12.2 Å². The van der Waals surface area contributed by atoms with Gasteiger partial charge in [0.2, 0.25) is 0 Å². The Hall–Kier alpha value is -0.260. The number of carbonyl (C=O) groups is 1. The van der Waals surface area contributed by atoms with Crippen molar-refractivity contribution in [3.63, 3.8) is 0 Å². The summed E-state index contributed by atoms with van der Waals surface area (Å²) >= 11 is 1.57. The third-order valence-electron chi connectivity index (χ3n) is 4.07. The topological polar surface area (TPSA) is 66.8 Å². The van der Waals surface area contributed by atoms with E-state index in [1.807, 2.05) is 0 Å². The molecule has 2 N–H and O–H groups in total. The smallest absolute Gasteiger partial charge is 0.316 e. The number of rotatable bonds is 18. The molecule has 0 aromatic heterocycles. The van der Waals surface area contributed by atoms with Gasteiger partial charge in [-0.2, -0.15) is 11.8 Å². The number of hydrogen-bond donors (Lipinski definition) is 2. The van der Waals surface area contributed by atoms with Crippen molar-refractivity contribution in [3.8, 4) is 0 Å². The van der Waals surface area contributed by atoms with Crippen LogP contribution < -0.4 is 0 Å². The van der Waals surface area contributed by atoms with Crippen LogP contribution in [0.2, 0.25) is 0 Å². The van der Waals surface area contributed by atoms with Gasteiger partial charge in [0.1, 0.15) is 6.10 Å². The molecule has 24 heavy (non-hydrogen) atoms. The molecule has 0 atom stereocenters. The van der Waals surface area contributed by atoms with Crippen LogP contribution in [0, 0.1) is 0 Å². The highest BCUT2D eigenvalue weighted by atomic mass is 32.2. The number of carbonyl (C=O) groups excluding carboxylic acids is 1. The Bertz CT molecular complexity index is 270. The van der Waals surface area contributed by atoms with Gasteiger partial charge >= 0.3 is 5.97 Å². The van der Waals surface area contributed by atoms with E-state index in [2.05, 4.69) is 6.92 Å². The summed E-state index contributed by atoms with van der Waals surface area (Å²) in [4.78, 5) is 11.4. The first-order chi connectivity index (χ1) is 11.7.